The molecule has 3 atom stereocenters. The van der Waals surface area contributed by atoms with Gasteiger partial charge in [0.15, 0.2) is 11.4 Å². The highest BCUT2D eigenvalue weighted by Gasteiger charge is 2.45. The maximum absolute atomic E-state index is 11.6. The summed E-state index contributed by atoms with van der Waals surface area (Å²) in [7, 11) is 0. The van der Waals surface area contributed by atoms with E-state index in [0.717, 1.165) is 59.0 Å². The zero-order chi connectivity index (χ0) is 30.4. The van der Waals surface area contributed by atoms with Gasteiger partial charge in [-0.05, 0) is 65.9 Å². The number of aromatic nitrogens is 3. The molecule has 8 nitrogen and oxygen atoms in total. The number of β-amino-alcohol motifs (C(OH)–C–C–N with tert-alkyl or cyclic N) is 1. The Morgan fingerprint density at radius 2 is 2.07 bits per heavy atom. The molecule has 2 aliphatic rings. The molecule has 44 heavy (non-hydrogen) atoms. The number of aldehydes is 1. The lowest BCUT2D eigenvalue weighted by atomic mass is 9.73. The molecule has 1 fully saturated rings. The summed E-state index contributed by atoms with van der Waals surface area (Å²) in [6.07, 6.45) is 11.1. The number of aryl methyl sites for hydroxylation is 1. The van der Waals surface area contributed by atoms with Gasteiger partial charge in [0.25, 0.3) is 0 Å². The van der Waals surface area contributed by atoms with Crippen LogP contribution in [0.1, 0.15) is 46.3 Å². The van der Waals surface area contributed by atoms with Crippen LogP contribution in [0.3, 0.4) is 0 Å². The van der Waals surface area contributed by atoms with Crippen LogP contribution in [-0.2, 0) is 12.1 Å². The van der Waals surface area contributed by atoms with Crippen LogP contribution in [0.5, 0.6) is 0 Å². The number of aliphatic hydroxyl groups excluding tert-OH is 1. The highest BCUT2D eigenvalue weighted by atomic mass is 35.5. The van der Waals surface area contributed by atoms with Crippen molar-refractivity contribution in [1.29, 1.82) is 0 Å². The first-order chi connectivity index (χ1) is 21.3. The van der Waals surface area contributed by atoms with Gasteiger partial charge in [-0.1, -0.05) is 54.9 Å². The van der Waals surface area contributed by atoms with Crippen molar-refractivity contribution in [3.8, 4) is 0 Å². The smallest absolute Gasteiger partial charge is 0.226 e. The quantitative estimate of drug-likeness (QED) is 0.197. The predicted octanol–water partition coefficient (Wildman–Crippen LogP) is 6.71. The maximum atomic E-state index is 11.6. The van der Waals surface area contributed by atoms with E-state index in [1.54, 1.807) is 18.3 Å². The average Bonchev–Trinajstić information content (AvgIpc) is 3.65. The fourth-order valence-electron chi connectivity index (χ4n) is 6.47. The lowest BCUT2D eigenvalue weighted by Crippen LogP contribution is -2.42. The second-order valence-corrected chi connectivity index (χ2v) is 12.2. The Hall–Kier alpha value is -4.37. The van der Waals surface area contributed by atoms with Crippen molar-refractivity contribution in [2.75, 3.05) is 18.4 Å². The molecule has 222 valence electrons. The number of aliphatic hydroxyl groups is 1. The summed E-state index contributed by atoms with van der Waals surface area (Å²) in [6.45, 7) is 6.52. The standard InChI is InChI=1S/C35H32ClN5O3/c1-21-6-3-4-7-27(21)28-8-5-11-35(22(28)2,34-39-30-16-23(20-42)15-29(36)32(30)44-34)40-33-31-25(9-12-37-33)14-24(17-38-31)18-41-13-10-26(43)19-41/h3-9,11-12,14-17,20,22,26,43H,10,13,18-19H2,1-2H3,(H,37,40)/t22-,26?,35?/m1/s1. The fourth-order valence-corrected chi connectivity index (χ4v) is 6.73. The number of benzene rings is 2. The second kappa shape index (κ2) is 11.3. The van der Waals surface area contributed by atoms with Crippen molar-refractivity contribution in [3.63, 3.8) is 0 Å². The third kappa shape index (κ3) is 4.99. The molecule has 0 radical (unpaired) electrons. The van der Waals surface area contributed by atoms with Gasteiger partial charge in [0.2, 0.25) is 5.89 Å². The Morgan fingerprint density at radius 1 is 1.20 bits per heavy atom. The molecule has 2 N–H and O–H groups in total. The van der Waals surface area contributed by atoms with Gasteiger partial charge in [0.05, 0.1) is 11.1 Å². The lowest BCUT2D eigenvalue weighted by molar-refractivity contribution is 0.112. The van der Waals surface area contributed by atoms with E-state index in [2.05, 4.69) is 48.3 Å². The summed E-state index contributed by atoms with van der Waals surface area (Å²) in [5, 5.41) is 14.9. The highest BCUT2D eigenvalue weighted by Crippen LogP contribution is 2.46. The molecule has 0 bridgehead atoms. The molecule has 4 heterocycles. The van der Waals surface area contributed by atoms with Crippen molar-refractivity contribution >= 4 is 51.3 Å². The molecule has 3 aromatic heterocycles. The van der Waals surface area contributed by atoms with E-state index < -0.39 is 5.54 Å². The van der Waals surface area contributed by atoms with Gasteiger partial charge in [0.1, 0.15) is 22.9 Å². The van der Waals surface area contributed by atoms with Gasteiger partial charge < -0.3 is 14.8 Å². The molecule has 0 amide bonds. The Balaban J connectivity index is 1.34. The van der Waals surface area contributed by atoms with Gasteiger partial charge in [0, 0.05) is 48.9 Å². The Labute approximate surface area is 260 Å². The van der Waals surface area contributed by atoms with E-state index in [1.165, 1.54) is 0 Å². The van der Waals surface area contributed by atoms with E-state index in [-0.39, 0.29) is 12.0 Å². The number of hydrogen-bond donors (Lipinski definition) is 2. The van der Waals surface area contributed by atoms with Crippen molar-refractivity contribution in [2.45, 2.75) is 38.5 Å². The van der Waals surface area contributed by atoms with Crippen molar-refractivity contribution in [2.24, 2.45) is 5.92 Å². The van der Waals surface area contributed by atoms with E-state index in [4.69, 9.17) is 31.0 Å². The zero-order valence-electron chi connectivity index (χ0n) is 24.5. The van der Waals surface area contributed by atoms with Crippen LogP contribution in [-0.4, -0.2) is 50.4 Å². The van der Waals surface area contributed by atoms with Crippen LogP contribution in [0.2, 0.25) is 5.02 Å². The SMILES string of the molecule is Cc1ccccc1C1=CC=CC(Nc2nccc3cc(CN4CCC(O)C4)cnc23)(c2nc3cc(C=O)cc(Cl)c3o2)[C@@H]1C. The van der Waals surface area contributed by atoms with E-state index in [1.807, 2.05) is 36.5 Å². The summed E-state index contributed by atoms with van der Waals surface area (Å²) in [5.41, 5.74) is 5.59. The Morgan fingerprint density at radius 3 is 2.86 bits per heavy atom. The summed E-state index contributed by atoms with van der Waals surface area (Å²) in [4.78, 5) is 28.3. The molecule has 1 aliphatic heterocycles. The van der Waals surface area contributed by atoms with Gasteiger partial charge in [-0.3, -0.25) is 14.7 Å². The van der Waals surface area contributed by atoms with Crippen LogP contribution in [0.15, 0.2) is 83.6 Å². The summed E-state index contributed by atoms with van der Waals surface area (Å²) in [6, 6.07) is 15.7. The zero-order valence-corrected chi connectivity index (χ0v) is 25.3. The normalized spacial score (nSPS) is 22.0. The largest absolute Gasteiger partial charge is 0.436 e. The monoisotopic (exact) mass is 605 g/mol. The number of halogens is 1. The fraction of sp³-hybridized carbons (Fsp3) is 0.257. The number of pyridine rings is 2. The van der Waals surface area contributed by atoms with Crippen LogP contribution in [0.4, 0.5) is 5.82 Å². The van der Waals surface area contributed by atoms with E-state index in [9.17, 15) is 9.90 Å². The maximum Gasteiger partial charge on any atom is 0.226 e. The van der Waals surface area contributed by atoms with Gasteiger partial charge in [-0.25, -0.2) is 9.97 Å². The summed E-state index contributed by atoms with van der Waals surface area (Å²) in [5.74, 6) is 0.836. The third-order valence-electron chi connectivity index (χ3n) is 8.83. The summed E-state index contributed by atoms with van der Waals surface area (Å²) >= 11 is 6.56. The first-order valence-corrected chi connectivity index (χ1v) is 15.2. The molecular weight excluding hydrogens is 574 g/mol. The minimum absolute atomic E-state index is 0.163. The van der Waals surface area contributed by atoms with Gasteiger partial charge in [-0.15, -0.1) is 0 Å². The number of carbonyl (C=O) groups excluding carboxylic acids is 1. The van der Waals surface area contributed by atoms with Gasteiger partial charge >= 0.3 is 0 Å². The van der Waals surface area contributed by atoms with Crippen molar-refractivity contribution < 1.29 is 14.3 Å². The number of likely N-dealkylation sites (tertiary alicyclic amines) is 1. The second-order valence-electron chi connectivity index (χ2n) is 11.8. The highest BCUT2D eigenvalue weighted by molar-refractivity contribution is 6.35. The number of fused-ring (bicyclic) bond motifs is 2. The van der Waals surface area contributed by atoms with Crippen LogP contribution < -0.4 is 5.32 Å². The number of carbonyl (C=O) groups is 1. The minimum Gasteiger partial charge on any atom is -0.436 e. The Bertz CT molecular complexity index is 1970. The first kappa shape index (κ1) is 28.4. The number of anilines is 1. The predicted molar refractivity (Wildman–Crippen MR) is 173 cm³/mol. The Kier molecular flexibility index (Phi) is 7.28. The van der Waals surface area contributed by atoms with E-state index in [0.29, 0.717) is 39.9 Å². The molecule has 2 unspecified atom stereocenters. The minimum atomic E-state index is -0.969. The number of hydrogen-bond acceptors (Lipinski definition) is 8. The number of nitrogens with zero attached hydrogens (tertiary/aromatic N) is 4. The van der Waals surface area contributed by atoms with Crippen LogP contribution in [0.25, 0.3) is 27.6 Å². The molecule has 2 aromatic carbocycles. The number of allylic oxidation sites excluding steroid dienone is 2. The number of nitrogens with one attached hydrogen (secondary N) is 1. The molecule has 0 saturated carbocycles. The molecule has 1 saturated heterocycles. The number of oxazole rings is 1. The molecule has 1 aliphatic carbocycles. The molecular formula is C35H32ClN5O3. The number of rotatable bonds is 7. The summed E-state index contributed by atoms with van der Waals surface area (Å²) < 4.78 is 6.44. The van der Waals surface area contributed by atoms with Crippen molar-refractivity contribution in [1.82, 2.24) is 19.9 Å². The van der Waals surface area contributed by atoms with E-state index >= 15 is 0 Å². The molecule has 9 heteroatoms. The molecule has 5 aromatic rings. The van der Waals surface area contributed by atoms with Gasteiger partial charge in [-0.2, -0.15) is 0 Å². The lowest BCUT2D eigenvalue weighted by Gasteiger charge is -2.39. The average molecular weight is 606 g/mol. The topological polar surface area (TPSA) is 104 Å². The third-order valence-corrected chi connectivity index (χ3v) is 9.11. The van der Waals surface area contributed by atoms with Crippen LogP contribution >= 0.6 is 11.6 Å². The molecule has 7 rings (SSSR count). The van der Waals surface area contributed by atoms with Crippen molar-refractivity contribution in [3.05, 3.63) is 112 Å². The first-order valence-electron chi connectivity index (χ1n) is 14.8. The van der Waals surface area contributed by atoms with Crippen LogP contribution in [0, 0.1) is 12.8 Å². The molecule has 0 spiro atoms.